The highest BCUT2D eigenvalue weighted by Gasteiger charge is 2.37. The van der Waals surface area contributed by atoms with Crippen molar-refractivity contribution in [2.24, 2.45) is 5.73 Å². The third-order valence-corrected chi connectivity index (χ3v) is 21.2. The van der Waals surface area contributed by atoms with Crippen LogP contribution in [0.5, 0.6) is 0 Å². The first-order valence-electron chi connectivity index (χ1n) is 47.6. The number of aryl methyl sites for hydroxylation is 1. The molecule has 56 heteroatoms. The van der Waals surface area contributed by atoms with Crippen molar-refractivity contribution in [2.75, 3.05) is 196 Å². The van der Waals surface area contributed by atoms with Crippen molar-refractivity contribution in [3.63, 3.8) is 0 Å². The molecule has 7 aromatic rings. The van der Waals surface area contributed by atoms with E-state index in [-0.39, 0.29) is 196 Å². The van der Waals surface area contributed by atoms with Gasteiger partial charge in [-0.1, -0.05) is 17.4 Å². The normalized spacial score (nSPS) is 17.7. The molecule has 10 atom stereocenters. The van der Waals surface area contributed by atoms with E-state index in [2.05, 4.69) is 126 Å². The molecule has 0 aliphatic carbocycles. The molecule has 0 fully saturated rings. The number of aromatic nitrogens is 14. The van der Waals surface area contributed by atoms with Gasteiger partial charge in [0.05, 0.1) is 227 Å². The first kappa shape index (κ1) is 117. The molecule has 7 heterocycles. The van der Waals surface area contributed by atoms with Crippen LogP contribution in [-0.4, -0.2) is 402 Å². The number of aliphatic hydroxyl groups excluding tert-OH is 2. The van der Waals surface area contributed by atoms with Gasteiger partial charge in [0.1, 0.15) is 54.4 Å². The number of carbonyl (C=O) groups is 12. The zero-order valence-corrected chi connectivity index (χ0v) is 81.4. The minimum Gasteiger partial charge on any atom is -0.480 e. The predicted molar refractivity (Wildman–Crippen MR) is 508 cm³/mol. The number of carbonyl (C=O) groups excluding carboxylic acids is 11. The summed E-state index contributed by atoms with van der Waals surface area (Å²) in [6, 6.07) is -7.98. The van der Waals surface area contributed by atoms with Crippen molar-refractivity contribution in [1.29, 1.82) is 0 Å². The van der Waals surface area contributed by atoms with Gasteiger partial charge >= 0.3 is 5.97 Å². The Morgan fingerprint density at radius 1 is 0.559 bits per heavy atom. The number of nitrogens with one attached hydrogen (secondary N) is 14. The Morgan fingerprint density at radius 2 is 1.10 bits per heavy atom. The number of aromatic amines is 3. The van der Waals surface area contributed by atoms with Crippen LogP contribution >= 0.6 is 0 Å². The van der Waals surface area contributed by atoms with Crippen molar-refractivity contribution in [3.05, 3.63) is 112 Å². The van der Waals surface area contributed by atoms with E-state index in [1.54, 1.807) is 12.1 Å². The molecular formula is C89H135N27O29. The van der Waals surface area contributed by atoms with E-state index in [9.17, 15) is 68.1 Å². The number of primary amides is 1. The topological polar surface area (TPSA) is 760 Å². The van der Waals surface area contributed by atoms with Crippen LogP contribution in [0.1, 0.15) is 105 Å². The number of hydrogen-bond donors (Lipinski definition) is 19. The highest BCUT2D eigenvalue weighted by Crippen LogP contribution is 2.16. The molecule has 145 heavy (non-hydrogen) atoms. The van der Waals surface area contributed by atoms with E-state index in [0.717, 1.165) is 13.0 Å². The summed E-state index contributed by atoms with van der Waals surface area (Å²) in [6.45, 7) is 11.9. The summed E-state index contributed by atoms with van der Waals surface area (Å²) < 4.78 is 75.3. The Kier molecular flexibility index (Phi) is 54.4. The van der Waals surface area contributed by atoms with Crippen LogP contribution in [0, 0.1) is 0 Å². The number of benzene rings is 1. The average molecular weight is 2050 g/mol. The summed E-state index contributed by atoms with van der Waals surface area (Å²) in [4.78, 5) is 206. The average Bonchev–Trinajstić information content (AvgIpc) is 1.32. The number of anilines is 2. The zero-order valence-electron chi connectivity index (χ0n) is 81.4. The monoisotopic (exact) mass is 2050 g/mol. The van der Waals surface area contributed by atoms with Crippen molar-refractivity contribution < 1.29 is 134 Å². The predicted octanol–water partition coefficient (Wildman–Crippen LogP) is -6.46. The Morgan fingerprint density at radius 3 is 1.64 bits per heavy atom. The second kappa shape index (κ2) is 67.4. The molecule has 56 nitrogen and oxygen atoms in total. The molecule has 0 radical (unpaired) electrons. The lowest BCUT2D eigenvalue weighted by Gasteiger charge is -2.27. The number of aliphatic carboxylic acids is 1. The number of imidazole rings is 2. The minimum atomic E-state index is -1.87. The molecule has 8 rings (SSSR count). The van der Waals surface area contributed by atoms with Crippen molar-refractivity contribution >= 4 is 93.7 Å². The molecule has 2 bridgehead atoms. The number of nitrogens with zero attached hydrogens (tertiary/aromatic N) is 11. The van der Waals surface area contributed by atoms with Crippen LogP contribution in [0.3, 0.4) is 0 Å². The molecule has 6 aromatic heterocycles. The van der Waals surface area contributed by atoms with Crippen molar-refractivity contribution in [2.45, 2.75) is 172 Å². The molecule has 1 aliphatic rings. The number of carboxylic acid groups (broad SMARTS) is 1. The number of nitrogens with two attached hydrogens (primary N) is 2. The van der Waals surface area contributed by atoms with E-state index in [1.807, 2.05) is 0 Å². The van der Waals surface area contributed by atoms with Gasteiger partial charge < -0.3 is 157 Å². The summed E-state index contributed by atoms with van der Waals surface area (Å²) in [5.74, 6) is -11.4. The summed E-state index contributed by atoms with van der Waals surface area (Å²) in [6.07, 6.45) is 7.36. The number of fused-ring (bicyclic) bond motifs is 3. The second-order valence-electron chi connectivity index (χ2n) is 32.8. The Balaban J connectivity index is 0.829. The van der Waals surface area contributed by atoms with E-state index in [1.165, 1.54) is 79.0 Å². The molecule has 800 valence electrons. The third kappa shape index (κ3) is 46.2. The van der Waals surface area contributed by atoms with Gasteiger partial charge in [0.2, 0.25) is 65.0 Å². The Hall–Kier alpha value is -13.2. The van der Waals surface area contributed by atoms with Gasteiger partial charge in [-0.05, 0) is 70.2 Å². The number of hydrogen-bond acceptors (Lipinski definition) is 39. The molecule has 0 saturated heterocycles. The fraction of sp³-hybridized carbons (Fsp3) is 0.618. The number of H-pyrrole nitrogens is 3. The van der Waals surface area contributed by atoms with Crippen LogP contribution in [0.2, 0.25) is 0 Å². The summed E-state index contributed by atoms with van der Waals surface area (Å²) in [5.41, 5.74) is 12.9. The standard InChI is InChI=1S/C89H135N27O29/c1-4-18-133-22-26-137-30-32-140-34-36-142-38-40-144-42-43-145-41-39-143-37-35-141-33-31-138-27-23-134-19-14-74(120)101-68(46-63-53-116(114-112-63)17-21-136-25-29-139-28-24-135-20-15-94-73(119)13-12-67(88(131)132)103-80(123)59-8-10-60(11-9-59)95-50-65-51-96-78-76(100-65)87(130)110-89(91)109-78)81(124)105-71-47-64-52-115(113-111-64)16-6-5-7-66(77(90)121)102-79(122)57(2)99-86(129)75(58(3)118)108-84(127)70(45-62-49-93-56-98-62)106-85(128)72(54-117)107-83(126)69(104-82(71)125)44-61-48-92-55-97-61/h8-11,48-49,51-53,55-58,66-72,75,95,117-118H,4-7,12-47,50,54H2,1-3H3,(H2,90,121)(H,92,97)(H,93,98)(H,94,119)(H,99,129)(H,101,120)(H,102,122)(H,103,123)(H,104,125)(H,105,124)(H,106,128)(H,107,126)(H,108,127)(H,131,132)(H3,91,96,109,110,130)/t57-,58+,66+,67+,68+,69-,70-,71+,72-,75-/m1/s1. The SMILES string of the molecule is CCCOCCOCCOCCOCCOCCOCCOCCOCCOCCOCCC(=O)N[C@@H](Cc1cn(CCOCCOCCOCCNC(=O)CC[C@H](NC(=O)c2ccc(NCc3cnc4nc(N)[nH]c(=O)c4n3)cc2)C(=O)O)nn1)C(=O)N[C@H]1Cc2cn(nn2)CCCC[C@@H](C(N)=O)NC(=O)[C@@H](C)NC(=O)[C@@H]([C@H](C)O)NC(=O)[C@@H](Cc2cnc[nH]2)NC(=O)[C@@H](CO)NC(=O)[C@@H](Cc2cnc[nH]2)NC1=O. The van der Waals surface area contributed by atoms with Gasteiger partial charge in [-0.3, -0.25) is 67.2 Å². The smallest absolute Gasteiger partial charge is 0.326 e. The third-order valence-electron chi connectivity index (χ3n) is 21.2. The number of ether oxygens (including phenoxy) is 13. The van der Waals surface area contributed by atoms with Crippen molar-refractivity contribution in [3.8, 4) is 0 Å². The molecule has 1 aliphatic heterocycles. The van der Waals surface area contributed by atoms with Crippen LogP contribution in [-0.2, 0) is 160 Å². The van der Waals surface area contributed by atoms with E-state index in [4.69, 9.17) is 73.0 Å². The maximum absolute atomic E-state index is 15.2. The van der Waals surface area contributed by atoms with Crippen LogP contribution in [0.25, 0.3) is 11.2 Å². The lowest BCUT2D eigenvalue weighted by Crippen LogP contribution is -2.62. The molecule has 0 saturated carbocycles. The van der Waals surface area contributed by atoms with E-state index in [0.29, 0.717) is 110 Å². The molecule has 0 unspecified atom stereocenters. The number of aliphatic hydroxyl groups is 2. The zero-order chi connectivity index (χ0) is 104. The summed E-state index contributed by atoms with van der Waals surface area (Å²) in [7, 11) is 0. The molecule has 1 aromatic carbocycles. The lowest BCUT2D eigenvalue weighted by molar-refractivity contribution is -0.139. The molecule has 11 amide bonds. The van der Waals surface area contributed by atoms with E-state index < -0.39 is 150 Å². The molecule has 21 N–H and O–H groups in total. The first-order chi connectivity index (χ1) is 70.2. The highest BCUT2D eigenvalue weighted by atomic mass is 16.6. The molecular weight excluding hydrogens is 1910 g/mol. The highest BCUT2D eigenvalue weighted by molar-refractivity contribution is 5.99. The minimum absolute atomic E-state index is 0.00222. The number of carboxylic acids is 1. The Bertz CT molecular complexity index is 5100. The molecule has 0 spiro atoms. The van der Waals surface area contributed by atoms with Gasteiger partial charge in [0.25, 0.3) is 11.5 Å². The van der Waals surface area contributed by atoms with Crippen molar-refractivity contribution in [1.82, 2.24) is 123 Å². The summed E-state index contributed by atoms with van der Waals surface area (Å²) >= 11 is 0. The van der Waals surface area contributed by atoms with E-state index >= 15 is 9.59 Å². The van der Waals surface area contributed by atoms with Gasteiger partial charge in [0.15, 0.2) is 11.2 Å². The summed E-state index contributed by atoms with van der Waals surface area (Å²) in [5, 5.41) is 76.9. The Labute approximate surface area is 833 Å². The maximum atomic E-state index is 15.2. The van der Waals surface area contributed by atoms with Gasteiger partial charge in [0, 0.05) is 106 Å². The number of nitrogen functional groups attached to an aromatic ring is 1. The number of amides is 11. The lowest BCUT2D eigenvalue weighted by atomic mass is 10.1. The van der Waals surface area contributed by atoms with Gasteiger partial charge in [-0.25, -0.2) is 29.4 Å². The number of rotatable bonds is 65. The second-order valence-corrected chi connectivity index (χ2v) is 32.8. The van der Waals surface area contributed by atoms with Crippen LogP contribution < -0.4 is 75.5 Å². The fourth-order valence-corrected chi connectivity index (χ4v) is 13.6. The maximum Gasteiger partial charge on any atom is 0.326 e. The van der Waals surface area contributed by atoms with Gasteiger partial charge in [-0.2, -0.15) is 4.98 Å². The van der Waals surface area contributed by atoms with Crippen LogP contribution in [0.4, 0.5) is 11.6 Å². The van der Waals surface area contributed by atoms with Crippen LogP contribution in [0.15, 0.2) is 72.7 Å². The fourth-order valence-electron chi connectivity index (χ4n) is 13.6. The van der Waals surface area contributed by atoms with Gasteiger partial charge in [-0.15, -0.1) is 10.2 Å². The first-order valence-corrected chi connectivity index (χ1v) is 47.6. The quantitative estimate of drug-likeness (QED) is 0.0158. The largest absolute Gasteiger partial charge is 0.480 e.